The van der Waals surface area contributed by atoms with Crippen molar-refractivity contribution in [3.63, 3.8) is 0 Å². The van der Waals surface area contributed by atoms with Crippen LogP contribution < -0.4 is 9.64 Å². The summed E-state index contributed by atoms with van der Waals surface area (Å²) >= 11 is 1.85. The van der Waals surface area contributed by atoms with E-state index in [1.807, 2.05) is 11.3 Å². The number of anilines is 3. The van der Waals surface area contributed by atoms with E-state index in [1.165, 1.54) is 75.5 Å². The Bertz CT molecular complexity index is 3440. The number of rotatable bonds is 4. The molecular weight excluding hydrogens is 747 g/mol. The zero-order valence-electron chi connectivity index (χ0n) is 32.5. The van der Waals surface area contributed by atoms with Gasteiger partial charge in [-0.15, -0.1) is 11.3 Å². The van der Waals surface area contributed by atoms with Crippen molar-refractivity contribution >= 4 is 70.1 Å². The smallest absolute Gasteiger partial charge is 0.140 e. The largest absolute Gasteiger partial charge is 0.455 e. The average Bonchev–Trinajstić information content (AvgIpc) is 3.83. The number of para-hydroxylation sites is 1. The van der Waals surface area contributed by atoms with Crippen LogP contribution >= 0.6 is 11.3 Å². The van der Waals surface area contributed by atoms with E-state index in [0.29, 0.717) is 0 Å². The lowest BCUT2D eigenvalue weighted by atomic mass is 9.65. The van der Waals surface area contributed by atoms with Crippen molar-refractivity contribution in [3.8, 4) is 33.8 Å². The summed E-state index contributed by atoms with van der Waals surface area (Å²) in [6.07, 6.45) is 0. The van der Waals surface area contributed by atoms with Crippen molar-refractivity contribution < 1.29 is 4.74 Å². The van der Waals surface area contributed by atoms with Crippen molar-refractivity contribution in [3.05, 3.63) is 235 Å². The summed E-state index contributed by atoms with van der Waals surface area (Å²) < 4.78 is 9.79. The van der Waals surface area contributed by atoms with E-state index in [9.17, 15) is 0 Å². The molecule has 0 radical (unpaired) electrons. The minimum absolute atomic E-state index is 0.590. The van der Waals surface area contributed by atoms with Gasteiger partial charge in [0.25, 0.3) is 0 Å². The summed E-state index contributed by atoms with van der Waals surface area (Å²) in [5.74, 6) is 1.87. The van der Waals surface area contributed by atoms with Gasteiger partial charge in [0.15, 0.2) is 0 Å². The van der Waals surface area contributed by atoms with Crippen molar-refractivity contribution in [1.29, 1.82) is 0 Å². The molecule has 2 heterocycles. The number of hydrogen-bond acceptors (Lipinski definition) is 3. The first-order chi connectivity index (χ1) is 29.8. The van der Waals surface area contributed by atoms with E-state index >= 15 is 0 Å². The highest BCUT2D eigenvalue weighted by Gasteiger charge is 2.52. The molecule has 0 atom stereocenters. The van der Waals surface area contributed by atoms with Gasteiger partial charge in [-0.25, -0.2) is 0 Å². The fourth-order valence-electron chi connectivity index (χ4n) is 10.4. The lowest BCUT2D eigenvalue weighted by Crippen LogP contribution is -2.32. The SMILES string of the molecule is c1ccc(N(c2ccc(-c3cccc4c3-c3ccccc3C43c4ccc5ccccc5c4Oc4c3ccc3ccccc43)cc2)c2ccc3sc4ccccc4c3c2)cc1. The molecule has 0 saturated carbocycles. The molecule has 10 aromatic carbocycles. The first-order valence-corrected chi connectivity index (χ1v) is 21.4. The summed E-state index contributed by atoms with van der Waals surface area (Å²) in [5.41, 5.74) is 12.6. The van der Waals surface area contributed by atoms with Crippen molar-refractivity contribution in [1.82, 2.24) is 0 Å². The molecule has 1 aliphatic heterocycles. The van der Waals surface area contributed by atoms with Crippen molar-refractivity contribution in [2.24, 2.45) is 0 Å². The Balaban J connectivity index is 1.02. The van der Waals surface area contributed by atoms with Gasteiger partial charge in [0, 0.05) is 59.1 Å². The molecule has 13 rings (SSSR count). The quantitative estimate of drug-likeness (QED) is 0.176. The highest BCUT2D eigenvalue weighted by molar-refractivity contribution is 7.25. The molecule has 2 nitrogen and oxygen atoms in total. The average molecular weight is 782 g/mol. The van der Waals surface area contributed by atoms with Crippen LogP contribution in [-0.4, -0.2) is 0 Å². The minimum Gasteiger partial charge on any atom is -0.455 e. The van der Waals surface area contributed by atoms with Gasteiger partial charge < -0.3 is 9.64 Å². The number of benzene rings is 10. The van der Waals surface area contributed by atoms with Gasteiger partial charge in [-0.2, -0.15) is 0 Å². The molecule has 0 unspecified atom stereocenters. The molecule has 2 aliphatic rings. The van der Waals surface area contributed by atoms with Crippen LogP contribution in [0.25, 0.3) is 64.0 Å². The number of hydrogen-bond donors (Lipinski definition) is 0. The van der Waals surface area contributed by atoms with Crippen molar-refractivity contribution in [2.45, 2.75) is 5.41 Å². The second-order valence-electron chi connectivity index (χ2n) is 15.9. The Hall–Kier alpha value is -7.46. The summed E-state index contributed by atoms with van der Waals surface area (Å²) in [7, 11) is 0. The molecule has 1 spiro atoms. The molecular formula is C57H35NOS. The number of nitrogens with zero attached hydrogens (tertiary/aromatic N) is 1. The van der Waals surface area contributed by atoms with E-state index in [0.717, 1.165) is 39.3 Å². The predicted octanol–water partition coefficient (Wildman–Crippen LogP) is 16.0. The second-order valence-corrected chi connectivity index (χ2v) is 17.0. The summed E-state index contributed by atoms with van der Waals surface area (Å²) in [5, 5.41) is 7.18. The van der Waals surface area contributed by atoms with E-state index in [1.54, 1.807) is 0 Å². The molecule has 280 valence electrons. The third-order valence-electron chi connectivity index (χ3n) is 12.9. The van der Waals surface area contributed by atoms with Crippen LogP contribution in [0.5, 0.6) is 11.5 Å². The standard InChI is InChI=1S/C57H35NOS/c1-2-15-39(16-3-1)58(41-31-34-53-47(35-41)45-19-9-11-24-52(45)60-53)40-29-25-38(26-30-40)42-21-12-23-49-54(42)46-20-8-10-22-48(46)57(49)50-32-27-36-13-4-6-17-43(36)55(50)59-56-44-18-7-5-14-37(44)28-33-51(56)57/h1-35H. The van der Waals surface area contributed by atoms with Gasteiger partial charge in [-0.1, -0.05) is 164 Å². The maximum Gasteiger partial charge on any atom is 0.140 e. The topological polar surface area (TPSA) is 12.5 Å². The lowest BCUT2D eigenvalue weighted by Gasteiger charge is -2.40. The van der Waals surface area contributed by atoms with Gasteiger partial charge in [-0.3, -0.25) is 0 Å². The van der Waals surface area contributed by atoms with Crippen LogP contribution in [0.1, 0.15) is 22.3 Å². The van der Waals surface area contributed by atoms with Crippen LogP contribution in [-0.2, 0) is 5.41 Å². The van der Waals surface area contributed by atoms with Crippen LogP contribution in [0.4, 0.5) is 17.1 Å². The normalized spacial score (nSPS) is 13.3. The molecule has 0 saturated heterocycles. The molecule has 3 heteroatoms. The highest BCUT2D eigenvalue weighted by Crippen LogP contribution is 2.65. The summed E-state index contributed by atoms with van der Waals surface area (Å²) in [6.45, 7) is 0. The fourth-order valence-corrected chi connectivity index (χ4v) is 11.4. The van der Waals surface area contributed by atoms with Gasteiger partial charge in [0.2, 0.25) is 0 Å². The monoisotopic (exact) mass is 781 g/mol. The lowest BCUT2D eigenvalue weighted by molar-refractivity contribution is 0.447. The Morgan fingerprint density at radius 1 is 0.367 bits per heavy atom. The maximum absolute atomic E-state index is 7.18. The molecule has 0 amide bonds. The summed E-state index contributed by atoms with van der Waals surface area (Å²) in [6, 6.07) is 77.9. The van der Waals surface area contributed by atoms with Crippen molar-refractivity contribution in [2.75, 3.05) is 4.90 Å². The van der Waals surface area contributed by atoms with Crippen LogP contribution in [0.3, 0.4) is 0 Å². The van der Waals surface area contributed by atoms with Gasteiger partial charge >= 0.3 is 0 Å². The molecule has 0 N–H and O–H groups in total. The predicted molar refractivity (Wildman–Crippen MR) is 252 cm³/mol. The number of fused-ring (bicyclic) bond motifs is 16. The van der Waals surface area contributed by atoms with Crippen LogP contribution in [0, 0.1) is 0 Å². The molecule has 11 aromatic rings. The second kappa shape index (κ2) is 12.8. The third kappa shape index (κ3) is 4.64. The first kappa shape index (κ1) is 33.5. The highest BCUT2D eigenvalue weighted by atomic mass is 32.1. The van der Waals surface area contributed by atoms with Crippen LogP contribution in [0.2, 0.25) is 0 Å². The minimum atomic E-state index is -0.590. The maximum atomic E-state index is 7.18. The Labute approximate surface area is 351 Å². The molecule has 0 bridgehead atoms. The van der Waals surface area contributed by atoms with E-state index in [4.69, 9.17) is 4.74 Å². The van der Waals surface area contributed by atoms with Crippen LogP contribution in [0.15, 0.2) is 212 Å². The number of thiophene rings is 1. The molecule has 0 fully saturated rings. The zero-order valence-corrected chi connectivity index (χ0v) is 33.3. The third-order valence-corrected chi connectivity index (χ3v) is 14.1. The molecule has 1 aromatic heterocycles. The summed E-state index contributed by atoms with van der Waals surface area (Å²) in [4.78, 5) is 2.37. The first-order valence-electron chi connectivity index (χ1n) is 20.6. The Morgan fingerprint density at radius 2 is 0.933 bits per heavy atom. The van der Waals surface area contributed by atoms with Gasteiger partial charge in [-0.05, 0) is 92.7 Å². The molecule has 1 aliphatic carbocycles. The van der Waals surface area contributed by atoms with E-state index in [2.05, 4.69) is 217 Å². The number of ether oxygens (including phenoxy) is 1. The molecule has 60 heavy (non-hydrogen) atoms. The van der Waals surface area contributed by atoms with Gasteiger partial charge in [0.05, 0.1) is 5.41 Å². The Kier molecular flexibility index (Phi) is 7.13. The van der Waals surface area contributed by atoms with E-state index < -0.39 is 5.41 Å². The van der Waals surface area contributed by atoms with Gasteiger partial charge in [0.1, 0.15) is 11.5 Å². The zero-order chi connectivity index (χ0) is 39.4. The van der Waals surface area contributed by atoms with E-state index in [-0.39, 0.29) is 0 Å². The Morgan fingerprint density at radius 3 is 1.68 bits per heavy atom. The fraction of sp³-hybridized carbons (Fsp3) is 0.0175.